The van der Waals surface area contributed by atoms with E-state index < -0.39 is 11.0 Å². The van der Waals surface area contributed by atoms with E-state index in [0.717, 1.165) is 0 Å². The summed E-state index contributed by atoms with van der Waals surface area (Å²) in [5.74, 6) is 0.179. The monoisotopic (exact) mass is 257 g/mol. The molecule has 17 heavy (non-hydrogen) atoms. The first-order chi connectivity index (χ1) is 7.60. The van der Waals surface area contributed by atoms with Crippen LogP contribution in [-0.4, -0.2) is 12.0 Å². The molecule has 0 radical (unpaired) electrons. The summed E-state index contributed by atoms with van der Waals surface area (Å²) in [6, 6.07) is 5.83. The molecule has 0 saturated heterocycles. The van der Waals surface area contributed by atoms with Crippen molar-refractivity contribution in [2.24, 2.45) is 5.73 Å². The van der Waals surface area contributed by atoms with E-state index in [0.29, 0.717) is 5.56 Å². The van der Waals surface area contributed by atoms with Crippen LogP contribution in [0, 0.1) is 21.4 Å². The second-order valence-corrected chi connectivity index (χ2v) is 3.16. The number of hydrogen-bond acceptors (Lipinski definition) is 5. The molecular formula is C10H12ClN3O3. The van der Waals surface area contributed by atoms with Gasteiger partial charge in [-0.1, -0.05) is 6.07 Å². The molecule has 1 rings (SSSR count). The molecule has 1 aromatic carbocycles. The van der Waals surface area contributed by atoms with Gasteiger partial charge < -0.3 is 10.5 Å². The van der Waals surface area contributed by atoms with Crippen molar-refractivity contribution < 1.29 is 9.66 Å². The van der Waals surface area contributed by atoms with Crippen LogP contribution in [0.3, 0.4) is 0 Å². The van der Waals surface area contributed by atoms with E-state index in [4.69, 9.17) is 15.7 Å². The fraction of sp³-hybridized carbons (Fsp3) is 0.300. The molecule has 0 aliphatic rings. The lowest BCUT2D eigenvalue weighted by Crippen LogP contribution is -2.09. The third-order valence-electron chi connectivity index (χ3n) is 2.14. The van der Waals surface area contributed by atoms with Crippen LogP contribution in [0.2, 0.25) is 0 Å². The van der Waals surface area contributed by atoms with Crippen LogP contribution in [0.1, 0.15) is 18.0 Å². The molecule has 1 atom stereocenters. The van der Waals surface area contributed by atoms with Crippen LogP contribution >= 0.6 is 12.4 Å². The van der Waals surface area contributed by atoms with E-state index in [2.05, 4.69) is 0 Å². The van der Waals surface area contributed by atoms with Gasteiger partial charge in [-0.3, -0.25) is 10.1 Å². The smallest absolute Gasteiger partial charge is 0.311 e. The Kier molecular flexibility index (Phi) is 5.96. The predicted molar refractivity (Wildman–Crippen MR) is 64.1 cm³/mol. The maximum Gasteiger partial charge on any atom is 0.311 e. The lowest BCUT2D eigenvalue weighted by atomic mass is 10.0. The van der Waals surface area contributed by atoms with Gasteiger partial charge in [-0.05, 0) is 11.6 Å². The van der Waals surface area contributed by atoms with Gasteiger partial charge in [0.1, 0.15) is 0 Å². The Balaban J connectivity index is 0.00000256. The fourth-order valence-corrected chi connectivity index (χ4v) is 1.30. The Labute approximate surface area is 105 Å². The Hall–Kier alpha value is -1.84. The van der Waals surface area contributed by atoms with Crippen molar-refractivity contribution in [2.75, 3.05) is 7.11 Å². The fourth-order valence-electron chi connectivity index (χ4n) is 1.30. The number of nitrogens with two attached hydrogens (primary N) is 1. The van der Waals surface area contributed by atoms with Gasteiger partial charge in [-0.2, -0.15) is 5.26 Å². The molecular weight excluding hydrogens is 246 g/mol. The third kappa shape index (κ3) is 3.59. The quantitative estimate of drug-likeness (QED) is 0.656. The number of hydrogen-bond donors (Lipinski definition) is 1. The molecule has 92 valence electrons. The minimum Gasteiger partial charge on any atom is -0.490 e. The number of nitrogens with zero attached hydrogens (tertiary/aromatic N) is 2. The number of nitro groups is 1. The molecule has 0 spiro atoms. The second kappa shape index (κ2) is 6.68. The van der Waals surface area contributed by atoms with Crippen LogP contribution in [0.5, 0.6) is 5.75 Å². The first-order valence-corrected chi connectivity index (χ1v) is 4.55. The van der Waals surface area contributed by atoms with Crippen LogP contribution in [0.4, 0.5) is 5.69 Å². The zero-order chi connectivity index (χ0) is 12.1. The Morgan fingerprint density at radius 3 is 2.76 bits per heavy atom. The summed E-state index contributed by atoms with van der Waals surface area (Å²) in [6.45, 7) is 0. The summed E-state index contributed by atoms with van der Waals surface area (Å²) in [6.07, 6.45) is 0.115. The van der Waals surface area contributed by atoms with Crippen molar-refractivity contribution in [3.63, 3.8) is 0 Å². The van der Waals surface area contributed by atoms with Crippen LogP contribution in [0.25, 0.3) is 0 Å². The Bertz CT molecular complexity index is 445. The van der Waals surface area contributed by atoms with Gasteiger partial charge in [0.25, 0.3) is 0 Å². The average molecular weight is 258 g/mol. The molecule has 0 fully saturated rings. The Morgan fingerprint density at radius 2 is 2.29 bits per heavy atom. The second-order valence-electron chi connectivity index (χ2n) is 3.16. The van der Waals surface area contributed by atoms with Crippen LogP contribution < -0.4 is 10.5 Å². The maximum atomic E-state index is 10.7. The van der Waals surface area contributed by atoms with Gasteiger partial charge in [0.2, 0.25) is 0 Å². The topological polar surface area (TPSA) is 102 Å². The largest absolute Gasteiger partial charge is 0.490 e. The molecule has 0 bridgehead atoms. The van der Waals surface area contributed by atoms with Crippen molar-refractivity contribution in [2.45, 2.75) is 12.5 Å². The number of benzene rings is 1. The predicted octanol–water partition coefficient (Wildman–Crippen LogP) is 1.94. The van der Waals surface area contributed by atoms with Crippen LogP contribution in [-0.2, 0) is 0 Å². The normalized spacial score (nSPS) is 10.9. The molecule has 0 aliphatic carbocycles. The third-order valence-corrected chi connectivity index (χ3v) is 2.14. The van der Waals surface area contributed by atoms with Crippen molar-refractivity contribution in [1.29, 1.82) is 5.26 Å². The molecule has 0 saturated carbocycles. The minimum absolute atomic E-state index is 0. The molecule has 0 heterocycles. The zero-order valence-corrected chi connectivity index (χ0v) is 9.94. The van der Waals surface area contributed by atoms with Crippen molar-refractivity contribution in [3.8, 4) is 11.8 Å². The van der Waals surface area contributed by atoms with Gasteiger partial charge in [0, 0.05) is 12.1 Å². The summed E-state index contributed by atoms with van der Waals surface area (Å²) in [4.78, 5) is 10.2. The lowest BCUT2D eigenvalue weighted by Gasteiger charge is -2.09. The summed E-state index contributed by atoms with van der Waals surface area (Å²) >= 11 is 0. The van der Waals surface area contributed by atoms with Gasteiger partial charge in [0.15, 0.2) is 5.75 Å². The lowest BCUT2D eigenvalue weighted by molar-refractivity contribution is -0.385. The summed E-state index contributed by atoms with van der Waals surface area (Å²) in [5, 5.41) is 19.2. The SMILES string of the molecule is COc1ccc([C@H](N)CC#N)cc1[N+](=O)[O-].Cl. The van der Waals surface area contributed by atoms with Crippen molar-refractivity contribution >= 4 is 18.1 Å². The van der Waals surface area contributed by atoms with Gasteiger partial charge in [0.05, 0.1) is 24.5 Å². The van der Waals surface area contributed by atoms with E-state index in [-0.39, 0.29) is 30.3 Å². The van der Waals surface area contributed by atoms with Gasteiger partial charge >= 0.3 is 5.69 Å². The molecule has 0 aromatic heterocycles. The molecule has 0 unspecified atom stereocenters. The summed E-state index contributed by atoms with van der Waals surface area (Å²) in [7, 11) is 1.36. The summed E-state index contributed by atoms with van der Waals surface area (Å²) in [5.41, 5.74) is 6.09. The van der Waals surface area contributed by atoms with Gasteiger partial charge in [-0.25, -0.2) is 0 Å². The number of nitro benzene ring substituents is 1. The van der Waals surface area contributed by atoms with Crippen LogP contribution in [0.15, 0.2) is 18.2 Å². The first-order valence-electron chi connectivity index (χ1n) is 4.55. The molecule has 6 nitrogen and oxygen atoms in total. The number of halogens is 1. The summed E-state index contributed by atoms with van der Waals surface area (Å²) < 4.78 is 4.85. The number of methoxy groups -OCH3 is 1. The number of nitriles is 1. The first kappa shape index (κ1) is 15.2. The van der Waals surface area contributed by atoms with E-state index in [1.807, 2.05) is 6.07 Å². The van der Waals surface area contributed by atoms with Crippen molar-refractivity contribution in [1.82, 2.24) is 0 Å². The van der Waals surface area contributed by atoms with Gasteiger partial charge in [-0.15, -0.1) is 12.4 Å². The number of rotatable bonds is 4. The molecule has 1 aromatic rings. The maximum absolute atomic E-state index is 10.7. The highest BCUT2D eigenvalue weighted by Crippen LogP contribution is 2.29. The molecule has 2 N–H and O–H groups in total. The van der Waals surface area contributed by atoms with E-state index in [1.165, 1.54) is 19.2 Å². The highest BCUT2D eigenvalue weighted by atomic mass is 35.5. The molecule has 0 amide bonds. The minimum atomic E-state index is -0.540. The standard InChI is InChI=1S/C10H11N3O3.ClH/c1-16-10-3-2-7(8(12)4-5-11)6-9(10)13(14)15;/h2-3,6,8H,4,12H2,1H3;1H/t8-;/m1./s1. The molecule has 7 heteroatoms. The number of ether oxygens (including phenoxy) is 1. The highest BCUT2D eigenvalue weighted by molar-refractivity contribution is 5.85. The van der Waals surface area contributed by atoms with Crippen molar-refractivity contribution in [3.05, 3.63) is 33.9 Å². The zero-order valence-electron chi connectivity index (χ0n) is 9.12. The van der Waals surface area contributed by atoms with E-state index in [9.17, 15) is 10.1 Å². The highest BCUT2D eigenvalue weighted by Gasteiger charge is 2.17. The molecule has 0 aliphatic heterocycles. The Morgan fingerprint density at radius 1 is 1.65 bits per heavy atom. The van der Waals surface area contributed by atoms with E-state index in [1.54, 1.807) is 6.07 Å². The average Bonchev–Trinajstić information content (AvgIpc) is 2.28. The van der Waals surface area contributed by atoms with E-state index >= 15 is 0 Å².